The molecule has 0 saturated carbocycles. The van der Waals surface area contributed by atoms with Crippen LogP contribution in [0.3, 0.4) is 0 Å². The minimum absolute atomic E-state index is 0.000546. The summed E-state index contributed by atoms with van der Waals surface area (Å²) in [4.78, 5) is 26.9. The molecule has 3 aromatic rings. The number of rotatable bonds is 7. The molecule has 0 fully saturated rings. The second-order valence-electron chi connectivity index (χ2n) is 6.97. The number of carbonyl (C=O) groups excluding carboxylic acids is 2. The standard InChI is InChI=1S/C24H24N2O3S/c1-17-7-6-8-20(15-17)29-19-13-11-18(12-14-19)25-24(28)21-9-4-5-10-22(21)30-16-23(27)26(2)3/h4-15H,16H2,1-3H3,(H,25,28). The molecule has 0 aliphatic heterocycles. The van der Waals surface area contributed by atoms with Gasteiger partial charge >= 0.3 is 0 Å². The number of hydrogen-bond donors (Lipinski definition) is 1. The maximum atomic E-state index is 12.8. The second kappa shape index (κ2) is 9.98. The Hall–Kier alpha value is -3.25. The van der Waals surface area contributed by atoms with Gasteiger partial charge in [-0.15, -0.1) is 11.8 Å². The molecule has 6 heteroatoms. The molecule has 0 unspecified atom stereocenters. The lowest BCUT2D eigenvalue weighted by molar-refractivity contribution is -0.125. The van der Waals surface area contributed by atoms with E-state index in [2.05, 4.69) is 5.32 Å². The van der Waals surface area contributed by atoms with Crippen LogP contribution in [-0.4, -0.2) is 36.6 Å². The van der Waals surface area contributed by atoms with Gasteiger partial charge in [0.1, 0.15) is 11.5 Å². The lowest BCUT2D eigenvalue weighted by Crippen LogP contribution is -2.23. The van der Waals surface area contributed by atoms with Gasteiger partial charge in [0.05, 0.1) is 11.3 Å². The molecule has 3 rings (SSSR count). The van der Waals surface area contributed by atoms with Crippen LogP contribution < -0.4 is 10.1 Å². The molecule has 0 spiro atoms. The largest absolute Gasteiger partial charge is 0.457 e. The SMILES string of the molecule is Cc1cccc(Oc2ccc(NC(=O)c3ccccc3SCC(=O)N(C)C)cc2)c1. The summed E-state index contributed by atoms with van der Waals surface area (Å²) in [5.74, 6) is 1.52. The third-order valence-electron chi connectivity index (χ3n) is 4.32. The van der Waals surface area contributed by atoms with Crippen molar-refractivity contribution in [2.75, 3.05) is 25.2 Å². The van der Waals surface area contributed by atoms with Crippen LogP contribution in [0, 0.1) is 6.92 Å². The van der Waals surface area contributed by atoms with Crippen molar-refractivity contribution in [1.29, 1.82) is 0 Å². The van der Waals surface area contributed by atoms with Crippen LogP contribution in [0.4, 0.5) is 5.69 Å². The zero-order valence-electron chi connectivity index (χ0n) is 17.2. The lowest BCUT2D eigenvalue weighted by atomic mass is 10.2. The van der Waals surface area contributed by atoms with Crippen molar-refractivity contribution >= 4 is 29.3 Å². The van der Waals surface area contributed by atoms with Crippen LogP contribution in [0.1, 0.15) is 15.9 Å². The van der Waals surface area contributed by atoms with Gasteiger partial charge in [-0.05, 0) is 61.0 Å². The number of thioether (sulfide) groups is 1. The molecule has 0 bridgehead atoms. The van der Waals surface area contributed by atoms with Gasteiger partial charge in [-0.3, -0.25) is 9.59 Å². The van der Waals surface area contributed by atoms with E-state index in [9.17, 15) is 9.59 Å². The lowest BCUT2D eigenvalue weighted by Gasteiger charge is -2.12. The quantitative estimate of drug-likeness (QED) is 0.533. The van der Waals surface area contributed by atoms with E-state index in [1.54, 1.807) is 32.3 Å². The predicted octanol–water partition coefficient (Wildman–Crippen LogP) is 5.22. The van der Waals surface area contributed by atoms with Crippen LogP contribution >= 0.6 is 11.8 Å². The number of aryl methyl sites for hydroxylation is 1. The number of hydrogen-bond acceptors (Lipinski definition) is 4. The van der Waals surface area contributed by atoms with E-state index < -0.39 is 0 Å². The molecule has 30 heavy (non-hydrogen) atoms. The summed E-state index contributed by atoms with van der Waals surface area (Å²) < 4.78 is 5.84. The van der Waals surface area contributed by atoms with E-state index in [-0.39, 0.29) is 17.6 Å². The van der Waals surface area contributed by atoms with Crippen LogP contribution in [0.2, 0.25) is 0 Å². The molecule has 1 N–H and O–H groups in total. The van der Waals surface area contributed by atoms with Crippen molar-refractivity contribution in [3.63, 3.8) is 0 Å². The Morgan fingerprint density at radius 1 is 0.933 bits per heavy atom. The Balaban J connectivity index is 1.65. The van der Waals surface area contributed by atoms with E-state index in [1.807, 2.05) is 61.5 Å². The molecular formula is C24H24N2O3S. The van der Waals surface area contributed by atoms with Gasteiger partial charge in [-0.1, -0.05) is 24.3 Å². The Morgan fingerprint density at radius 3 is 2.37 bits per heavy atom. The van der Waals surface area contributed by atoms with Crippen molar-refractivity contribution in [3.8, 4) is 11.5 Å². The van der Waals surface area contributed by atoms with Crippen LogP contribution in [0.5, 0.6) is 11.5 Å². The number of carbonyl (C=O) groups is 2. The zero-order chi connectivity index (χ0) is 21.5. The third-order valence-corrected chi connectivity index (χ3v) is 5.38. The highest BCUT2D eigenvalue weighted by Crippen LogP contribution is 2.26. The number of anilines is 1. The molecule has 0 saturated heterocycles. The zero-order valence-corrected chi connectivity index (χ0v) is 18.0. The summed E-state index contributed by atoms with van der Waals surface area (Å²) in [6.07, 6.45) is 0. The van der Waals surface area contributed by atoms with Gasteiger partial charge < -0.3 is 15.0 Å². The highest BCUT2D eigenvalue weighted by Gasteiger charge is 2.14. The maximum Gasteiger partial charge on any atom is 0.256 e. The van der Waals surface area contributed by atoms with Gasteiger partial charge in [0, 0.05) is 24.7 Å². The second-order valence-corrected chi connectivity index (χ2v) is 7.99. The first-order valence-electron chi connectivity index (χ1n) is 9.50. The van der Waals surface area contributed by atoms with Crippen molar-refractivity contribution in [2.24, 2.45) is 0 Å². The molecule has 2 amide bonds. The summed E-state index contributed by atoms with van der Waals surface area (Å²) in [5, 5.41) is 2.91. The minimum atomic E-state index is -0.220. The van der Waals surface area contributed by atoms with Gasteiger partial charge in [-0.25, -0.2) is 0 Å². The fourth-order valence-electron chi connectivity index (χ4n) is 2.67. The van der Waals surface area contributed by atoms with E-state index in [0.717, 1.165) is 16.2 Å². The first-order valence-corrected chi connectivity index (χ1v) is 10.5. The fraction of sp³-hybridized carbons (Fsp3) is 0.167. The minimum Gasteiger partial charge on any atom is -0.457 e. The van der Waals surface area contributed by atoms with E-state index in [1.165, 1.54) is 16.7 Å². The molecule has 154 valence electrons. The molecule has 0 radical (unpaired) electrons. The molecule has 0 atom stereocenters. The van der Waals surface area contributed by atoms with Crippen molar-refractivity contribution in [3.05, 3.63) is 83.9 Å². The smallest absolute Gasteiger partial charge is 0.256 e. The van der Waals surface area contributed by atoms with Crippen LogP contribution in [0.25, 0.3) is 0 Å². The fourth-order valence-corrected chi connectivity index (χ4v) is 3.70. The Labute approximate surface area is 181 Å². The summed E-state index contributed by atoms with van der Waals surface area (Å²) in [7, 11) is 3.43. The monoisotopic (exact) mass is 420 g/mol. The van der Waals surface area contributed by atoms with Gasteiger partial charge in [0.15, 0.2) is 0 Å². The first-order chi connectivity index (χ1) is 14.4. The van der Waals surface area contributed by atoms with E-state index in [0.29, 0.717) is 17.0 Å². The number of benzene rings is 3. The van der Waals surface area contributed by atoms with Crippen LogP contribution in [-0.2, 0) is 4.79 Å². The number of nitrogens with one attached hydrogen (secondary N) is 1. The molecule has 5 nitrogen and oxygen atoms in total. The van der Waals surface area contributed by atoms with E-state index >= 15 is 0 Å². The molecule has 3 aromatic carbocycles. The summed E-state index contributed by atoms with van der Waals surface area (Å²) >= 11 is 1.36. The predicted molar refractivity (Wildman–Crippen MR) is 122 cm³/mol. The summed E-state index contributed by atoms with van der Waals surface area (Å²) in [6, 6.07) is 22.3. The maximum absolute atomic E-state index is 12.8. The Morgan fingerprint density at radius 2 is 1.67 bits per heavy atom. The topological polar surface area (TPSA) is 58.6 Å². The van der Waals surface area contributed by atoms with Crippen molar-refractivity contribution < 1.29 is 14.3 Å². The van der Waals surface area contributed by atoms with Crippen molar-refractivity contribution in [2.45, 2.75) is 11.8 Å². The normalized spacial score (nSPS) is 10.4. The average Bonchev–Trinajstić information content (AvgIpc) is 2.73. The summed E-state index contributed by atoms with van der Waals surface area (Å²) in [5.41, 5.74) is 2.33. The van der Waals surface area contributed by atoms with Gasteiger partial charge in [0.25, 0.3) is 5.91 Å². The highest BCUT2D eigenvalue weighted by atomic mass is 32.2. The third kappa shape index (κ3) is 5.87. The molecule has 0 aliphatic carbocycles. The Kier molecular flexibility index (Phi) is 7.14. The summed E-state index contributed by atoms with van der Waals surface area (Å²) in [6.45, 7) is 2.01. The average molecular weight is 421 g/mol. The molecule has 0 heterocycles. The Bertz CT molecular complexity index is 1030. The molecule has 0 aliphatic rings. The molecule has 0 aromatic heterocycles. The number of ether oxygens (including phenoxy) is 1. The van der Waals surface area contributed by atoms with Crippen LogP contribution in [0.15, 0.2) is 77.7 Å². The highest BCUT2D eigenvalue weighted by molar-refractivity contribution is 8.00. The van der Waals surface area contributed by atoms with Gasteiger partial charge in [-0.2, -0.15) is 0 Å². The molecular weight excluding hydrogens is 396 g/mol. The van der Waals surface area contributed by atoms with Crippen molar-refractivity contribution in [1.82, 2.24) is 4.90 Å². The first kappa shape index (κ1) is 21.5. The number of nitrogens with zero attached hydrogens (tertiary/aromatic N) is 1. The van der Waals surface area contributed by atoms with Gasteiger partial charge in [0.2, 0.25) is 5.91 Å². The number of amides is 2. The van der Waals surface area contributed by atoms with E-state index in [4.69, 9.17) is 4.74 Å².